The van der Waals surface area contributed by atoms with Crippen molar-refractivity contribution in [2.24, 2.45) is 5.92 Å². The van der Waals surface area contributed by atoms with Crippen LogP contribution < -0.4 is 5.32 Å². The number of halogens is 2. The van der Waals surface area contributed by atoms with Gasteiger partial charge < -0.3 is 5.32 Å². The standard InChI is InChI=1S/C11H16BrClN2O2S2/c1-15(7-8-2-4-14-5-3-8)19(16,17)10-6-9(13)11(12)18-10/h6,8,14H,2-5,7H2,1H3. The van der Waals surface area contributed by atoms with E-state index in [-0.39, 0.29) is 0 Å². The smallest absolute Gasteiger partial charge is 0.252 e. The number of piperidine rings is 1. The molecule has 1 aromatic heterocycles. The Hall–Kier alpha value is 0.340. The molecule has 1 N–H and O–H groups in total. The van der Waals surface area contributed by atoms with Crippen molar-refractivity contribution in [3.05, 3.63) is 14.9 Å². The molecule has 1 fully saturated rings. The Bertz CT molecular complexity index is 521. The molecule has 0 aromatic carbocycles. The zero-order valence-electron chi connectivity index (χ0n) is 10.5. The molecule has 0 atom stereocenters. The summed E-state index contributed by atoms with van der Waals surface area (Å²) in [7, 11) is -1.79. The Morgan fingerprint density at radius 3 is 2.68 bits per heavy atom. The van der Waals surface area contributed by atoms with Gasteiger partial charge in [-0.15, -0.1) is 11.3 Å². The number of nitrogens with one attached hydrogen (secondary N) is 1. The summed E-state index contributed by atoms with van der Waals surface area (Å²) in [5.74, 6) is 0.430. The lowest BCUT2D eigenvalue weighted by molar-refractivity contribution is 0.311. The second-order valence-corrected chi connectivity index (χ2v) is 9.72. The lowest BCUT2D eigenvalue weighted by Gasteiger charge is -2.26. The van der Waals surface area contributed by atoms with Gasteiger partial charge in [0, 0.05) is 13.6 Å². The number of thiophene rings is 1. The lowest BCUT2D eigenvalue weighted by Crippen LogP contribution is -2.37. The molecule has 1 aliphatic heterocycles. The fraction of sp³-hybridized carbons (Fsp3) is 0.636. The van der Waals surface area contributed by atoms with Gasteiger partial charge in [-0.05, 0) is 53.8 Å². The van der Waals surface area contributed by atoms with E-state index in [0.29, 0.717) is 25.5 Å². The van der Waals surface area contributed by atoms with Crippen molar-refractivity contribution in [2.75, 3.05) is 26.7 Å². The first kappa shape index (κ1) is 15.7. The van der Waals surface area contributed by atoms with Gasteiger partial charge in [0.05, 0.1) is 8.81 Å². The van der Waals surface area contributed by atoms with Crippen LogP contribution >= 0.6 is 38.9 Å². The lowest BCUT2D eigenvalue weighted by atomic mass is 9.98. The van der Waals surface area contributed by atoms with E-state index in [2.05, 4.69) is 21.2 Å². The normalized spacial score (nSPS) is 18.1. The molecule has 2 heterocycles. The summed E-state index contributed by atoms with van der Waals surface area (Å²) < 4.78 is 27.2. The second-order valence-electron chi connectivity index (χ2n) is 4.67. The summed E-state index contributed by atoms with van der Waals surface area (Å²) in [6.07, 6.45) is 2.05. The van der Waals surface area contributed by atoms with Crippen LogP contribution in [0.3, 0.4) is 0 Å². The Balaban J connectivity index is 2.10. The number of hydrogen-bond donors (Lipinski definition) is 1. The van der Waals surface area contributed by atoms with Crippen LogP contribution in [0.15, 0.2) is 14.1 Å². The van der Waals surface area contributed by atoms with E-state index in [0.717, 1.165) is 37.3 Å². The first-order valence-electron chi connectivity index (χ1n) is 6.03. The highest BCUT2D eigenvalue weighted by Gasteiger charge is 2.27. The maximum absolute atomic E-state index is 12.4. The van der Waals surface area contributed by atoms with Crippen LogP contribution in [0.4, 0.5) is 0 Å². The fourth-order valence-electron chi connectivity index (χ4n) is 2.13. The van der Waals surface area contributed by atoms with Crippen LogP contribution in [0.25, 0.3) is 0 Å². The number of nitrogens with zero attached hydrogens (tertiary/aromatic N) is 1. The van der Waals surface area contributed by atoms with E-state index in [4.69, 9.17) is 11.6 Å². The Kier molecular flexibility index (Phi) is 5.30. The molecular formula is C11H16BrClN2O2S2. The van der Waals surface area contributed by atoms with E-state index in [1.165, 1.54) is 10.4 Å². The molecule has 0 spiro atoms. The van der Waals surface area contributed by atoms with Crippen molar-refractivity contribution in [1.82, 2.24) is 9.62 Å². The molecule has 0 unspecified atom stereocenters. The molecule has 0 saturated carbocycles. The Morgan fingerprint density at radius 1 is 1.53 bits per heavy atom. The first-order valence-corrected chi connectivity index (χ1v) is 9.46. The van der Waals surface area contributed by atoms with Crippen molar-refractivity contribution >= 4 is 48.9 Å². The van der Waals surface area contributed by atoms with Crippen LogP contribution in [0.1, 0.15) is 12.8 Å². The third kappa shape index (κ3) is 3.71. The molecule has 8 heteroatoms. The van der Waals surface area contributed by atoms with Gasteiger partial charge in [0.2, 0.25) is 0 Å². The van der Waals surface area contributed by atoms with Gasteiger partial charge in [0.1, 0.15) is 4.21 Å². The molecule has 1 saturated heterocycles. The molecule has 0 radical (unpaired) electrons. The van der Waals surface area contributed by atoms with Crippen LogP contribution in [0, 0.1) is 5.92 Å². The molecule has 0 amide bonds. The second kappa shape index (κ2) is 6.41. The van der Waals surface area contributed by atoms with Crippen molar-refractivity contribution in [3.63, 3.8) is 0 Å². The van der Waals surface area contributed by atoms with Crippen LogP contribution in [0.5, 0.6) is 0 Å². The average Bonchev–Trinajstić information content (AvgIpc) is 2.71. The maximum Gasteiger partial charge on any atom is 0.252 e. The highest BCUT2D eigenvalue weighted by molar-refractivity contribution is 9.11. The third-order valence-corrected chi connectivity index (χ3v) is 8.01. The summed E-state index contributed by atoms with van der Waals surface area (Å²) in [6, 6.07) is 1.50. The highest BCUT2D eigenvalue weighted by atomic mass is 79.9. The number of sulfonamides is 1. The quantitative estimate of drug-likeness (QED) is 0.864. The molecule has 0 aliphatic carbocycles. The zero-order valence-corrected chi connectivity index (χ0v) is 14.5. The van der Waals surface area contributed by atoms with E-state index in [9.17, 15) is 8.42 Å². The van der Waals surface area contributed by atoms with Crippen molar-refractivity contribution in [3.8, 4) is 0 Å². The van der Waals surface area contributed by atoms with E-state index >= 15 is 0 Å². The summed E-state index contributed by atoms with van der Waals surface area (Å²) in [5.41, 5.74) is 0. The largest absolute Gasteiger partial charge is 0.317 e. The minimum atomic E-state index is -3.42. The van der Waals surface area contributed by atoms with Crippen LogP contribution in [-0.2, 0) is 10.0 Å². The summed E-state index contributed by atoms with van der Waals surface area (Å²) in [4.78, 5) is 0. The molecule has 1 aromatic rings. The topological polar surface area (TPSA) is 49.4 Å². The monoisotopic (exact) mass is 386 g/mol. The Morgan fingerprint density at radius 2 is 2.16 bits per heavy atom. The van der Waals surface area contributed by atoms with E-state index in [1.54, 1.807) is 7.05 Å². The predicted molar refractivity (Wildman–Crippen MR) is 82.4 cm³/mol. The van der Waals surface area contributed by atoms with Gasteiger partial charge in [-0.3, -0.25) is 0 Å². The Labute approximate surface area is 131 Å². The van der Waals surface area contributed by atoms with Gasteiger partial charge in [-0.1, -0.05) is 11.6 Å². The molecule has 2 rings (SSSR count). The average molecular weight is 388 g/mol. The fourth-order valence-corrected chi connectivity index (χ4v) is 5.99. The van der Waals surface area contributed by atoms with Crippen molar-refractivity contribution in [1.29, 1.82) is 0 Å². The summed E-state index contributed by atoms with van der Waals surface area (Å²) in [6.45, 7) is 2.50. The van der Waals surface area contributed by atoms with Crippen LogP contribution in [-0.4, -0.2) is 39.4 Å². The molecule has 1 aliphatic rings. The van der Waals surface area contributed by atoms with Gasteiger partial charge in [0.25, 0.3) is 10.0 Å². The molecule has 19 heavy (non-hydrogen) atoms. The third-order valence-electron chi connectivity index (χ3n) is 3.26. The minimum absolute atomic E-state index is 0.292. The molecular weight excluding hydrogens is 372 g/mol. The first-order chi connectivity index (χ1) is 8.91. The molecule has 108 valence electrons. The number of hydrogen-bond acceptors (Lipinski definition) is 4. The molecule has 0 bridgehead atoms. The van der Waals surface area contributed by atoms with E-state index < -0.39 is 10.0 Å². The van der Waals surface area contributed by atoms with Gasteiger partial charge in [0.15, 0.2) is 0 Å². The van der Waals surface area contributed by atoms with Gasteiger partial charge in [-0.25, -0.2) is 8.42 Å². The molecule has 4 nitrogen and oxygen atoms in total. The SMILES string of the molecule is CN(CC1CCNCC1)S(=O)(=O)c1cc(Cl)c(Br)s1. The van der Waals surface area contributed by atoms with E-state index in [1.807, 2.05) is 0 Å². The number of rotatable bonds is 4. The predicted octanol–water partition coefficient (Wildman–Crippen LogP) is 2.78. The van der Waals surface area contributed by atoms with Gasteiger partial charge in [-0.2, -0.15) is 4.31 Å². The maximum atomic E-state index is 12.4. The van der Waals surface area contributed by atoms with Gasteiger partial charge >= 0.3 is 0 Å². The zero-order chi connectivity index (χ0) is 14.0. The highest BCUT2D eigenvalue weighted by Crippen LogP contribution is 2.35. The summed E-state index contributed by atoms with van der Waals surface area (Å²) >= 11 is 10.3. The summed E-state index contributed by atoms with van der Waals surface area (Å²) in [5, 5.41) is 3.72. The van der Waals surface area contributed by atoms with Crippen molar-refractivity contribution < 1.29 is 8.42 Å². The van der Waals surface area contributed by atoms with Crippen LogP contribution in [0.2, 0.25) is 5.02 Å². The minimum Gasteiger partial charge on any atom is -0.317 e. The van der Waals surface area contributed by atoms with Crippen molar-refractivity contribution in [2.45, 2.75) is 17.1 Å².